The van der Waals surface area contributed by atoms with Gasteiger partial charge in [-0.15, -0.1) is 0 Å². The molecule has 0 atom stereocenters. The van der Waals surface area contributed by atoms with E-state index in [0.717, 1.165) is 17.8 Å². The van der Waals surface area contributed by atoms with Gasteiger partial charge >= 0.3 is 0 Å². The van der Waals surface area contributed by atoms with Crippen LogP contribution in [0.3, 0.4) is 0 Å². The van der Waals surface area contributed by atoms with Crippen molar-refractivity contribution in [3.8, 4) is 0 Å². The fourth-order valence-electron chi connectivity index (χ4n) is 0.943. The first kappa shape index (κ1) is 19.6. The van der Waals surface area contributed by atoms with Gasteiger partial charge in [-0.05, 0) is 24.2 Å². The molecule has 0 nitrogen and oxygen atoms in total. The van der Waals surface area contributed by atoms with Crippen molar-refractivity contribution in [3.05, 3.63) is 0 Å². The lowest BCUT2D eigenvalue weighted by molar-refractivity contribution is 0.469. The molecule has 0 rings (SSSR count). The van der Waals surface area contributed by atoms with Crippen LogP contribution in [0.1, 0.15) is 75.2 Å². The van der Waals surface area contributed by atoms with E-state index >= 15 is 0 Å². The molecule has 0 bridgehead atoms. The van der Waals surface area contributed by atoms with Crippen LogP contribution >= 0.6 is 0 Å². The van der Waals surface area contributed by atoms with Crippen LogP contribution in [0.25, 0.3) is 0 Å². The molecule has 0 aromatic rings. The summed E-state index contributed by atoms with van der Waals surface area (Å²) >= 11 is 0. The van der Waals surface area contributed by atoms with Crippen molar-refractivity contribution < 1.29 is 0 Å². The van der Waals surface area contributed by atoms with Gasteiger partial charge in [0, 0.05) is 0 Å². The maximum Gasteiger partial charge on any atom is -0.0469 e. The standard InChI is InChI=1S/C7H16.C5H12.C2H6/c1-6(2)5-7(3)4;1-4-5(2)3;1-2/h6-7H,5H2,1-4H3;5H,4H2,1-3H3;1-2H3. The summed E-state index contributed by atoms with van der Waals surface area (Å²) in [6, 6.07) is 0. The molecule has 0 saturated carbocycles. The predicted octanol–water partition coefficient (Wildman–Crippen LogP) is 5.77. The summed E-state index contributed by atoms with van der Waals surface area (Å²) < 4.78 is 0. The maximum atomic E-state index is 2.26. The molecule has 0 unspecified atom stereocenters. The molecule has 14 heavy (non-hydrogen) atoms. The molecule has 0 N–H and O–H groups in total. The molecule has 0 amide bonds. The Kier molecular flexibility index (Phi) is 21.6. The van der Waals surface area contributed by atoms with Crippen LogP contribution in [0.2, 0.25) is 0 Å². The highest BCUT2D eigenvalue weighted by atomic mass is 14.0. The largest absolute Gasteiger partial charge is 0.0683 e. The third-order valence-corrected chi connectivity index (χ3v) is 1.76. The Morgan fingerprint density at radius 1 is 0.643 bits per heavy atom. The van der Waals surface area contributed by atoms with Gasteiger partial charge < -0.3 is 0 Å². The highest BCUT2D eigenvalue weighted by molar-refractivity contribution is 4.47. The van der Waals surface area contributed by atoms with E-state index in [2.05, 4.69) is 48.5 Å². The van der Waals surface area contributed by atoms with Gasteiger partial charge in [0.25, 0.3) is 0 Å². The fourth-order valence-corrected chi connectivity index (χ4v) is 0.943. The molecular formula is C14H34. The molecule has 0 heteroatoms. The second-order valence-corrected chi connectivity index (χ2v) is 4.83. The Morgan fingerprint density at radius 3 is 0.857 bits per heavy atom. The second-order valence-electron chi connectivity index (χ2n) is 4.83. The minimum Gasteiger partial charge on any atom is -0.0683 e. The zero-order chi connectivity index (χ0) is 12.1. The Balaban J connectivity index is -0.000000152. The molecule has 0 aliphatic carbocycles. The summed E-state index contributed by atoms with van der Waals surface area (Å²) in [7, 11) is 0. The molecule has 0 aromatic carbocycles. The first-order valence-electron chi connectivity index (χ1n) is 6.40. The predicted molar refractivity (Wildman–Crippen MR) is 70.8 cm³/mol. The molecule has 0 radical (unpaired) electrons. The van der Waals surface area contributed by atoms with Gasteiger partial charge in [-0.25, -0.2) is 0 Å². The summed E-state index contributed by atoms with van der Waals surface area (Å²) in [6.45, 7) is 19.7. The molecule has 0 heterocycles. The fraction of sp³-hybridized carbons (Fsp3) is 1.00. The van der Waals surface area contributed by atoms with Crippen LogP contribution in [-0.4, -0.2) is 0 Å². The Hall–Kier alpha value is 0. The van der Waals surface area contributed by atoms with E-state index in [9.17, 15) is 0 Å². The van der Waals surface area contributed by atoms with E-state index in [1.54, 1.807) is 0 Å². The van der Waals surface area contributed by atoms with E-state index in [-0.39, 0.29) is 0 Å². The van der Waals surface area contributed by atoms with Crippen molar-refractivity contribution in [1.29, 1.82) is 0 Å². The van der Waals surface area contributed by atoms with Crippen LogP contribution in [-0.2, 0) is 0 Å². The Labute approximate surface area is 93.5 Å². The van der Waals surface area contributed by atoms with Crippen LogP contribution in [0.15, 0.2) is 0 Å². The van der Waals surface area contributed by atoms with Crippen LogP contribution in [0, 0.1) is 17.8 Å². The summed E-state index contributed by atoms with van der Waals surface area (Å²) in [5.41, 5.74) is 0. The SMILES string of the molecule is CC.CC(C)CC(C)C.CCC(C)C. The smallest absolute Gasteiger partial charge is 0.0469 e. The molecule has 0 aromatic heterocycles. The van der Waals surface area contributed by atoms with Gasteiger partial charge in [-0.1, -0.05) is 68.7 Å². The van der Waals surface area contributed by atoms with E-state index in [1.165, 1.54) is 12.8 Å². The molecular weight excluding hydrogens is 168 g/mol. The first-order valence-corrected chi connectivity index (χ1v) is 6.40. The molecule has 0 saturated heterocycles. The average Bonchev–Trinajstić information content (AvgIpc) is 2.06. The number of hydrogen-bond acceptors (Lipinski definition) is 0. The molecule has 0 aliphatic heterocycles. The quantitative estimate of drug-likeness (QED) is 0.545. The monoisotopic (exact) mass is 202 g/mol. The minimum absolute atomic E-state index is 0.875. The van der Waals surface area contributed by atoms with Crippen LogP contribution in [0.5, 0.6) is 0 Å². The van der Waals surface area contributed by atoms with E-state index in [1.807, 2.05) is 13.8 Å². The van der Waals surface area contributed by atoms with E-state index < -0.39 is 0 Å². The van der Waals surface area contributed by atoms with Gasteiger partial charge in [0.1, 0.15) is 0 Å². The number of hydrogen-bond donors (Lipinski definition) is 0. The summed E-state index contributed by atoms with van der Waals surface area (Å²) in [5, 5.41) is 0. The lowest BCUT2D eigenvalue weighted by atomic mass is 10.0. The molecule has 0 spiro atoms. The number of rotatable bonds is 3. The van der Waals surface area contributed by atoms with Gasteiger partial charge in [0.05, 0.1) is 0 Å². The summed E-state index contributed by atoms with van der Waals surface area (Å²) in [4.78, 5) is 0. The van der Waals surface area contributed by atoms with Gasteiger partial charge in [0.15, 0.2) is 0 Å². The molecule has 0 fully saturated rings. The zero-order valence-electron chi connectivity index (χ0n) is 12.1. The van der Waals surface area contributed by atoms with Crippen molar-refractivity contribution in [2.45, 2.75) is 75.2 Å². The summed E-state index contributed by atoms with van der Waals surface area (Å²) in [6.07, 6.45) is 2.67. The highest BCUT2D eigenvalue weighted by Crippen LogP contribution is 2.08. The minimum atomic E-state index is 0.875. The maximum absolute atomic E-state index is 2.26. The van der Waals surface area contributed by atoms with Crippen molar-refractivity contribution in [1.82, 2.24) is 0 Å². The second kappa shape index (κ2) is 15.5. The van der Waals surface area contributed by atoms with Gasteiger partial charge in [0.2, 0.25) is 0 Å². The summed E-state index contributed by atoms with van der Waals surface area (Å²) in [5.74, 6) is 2.63. The van der Waals surface area contributed by atoms with Crippen molar-refractivity contribution in [3.63, 3.8) is 0 Å². The molecule has 90 valence electrons. The van der Waals surface area contributed by atoms with Crippen molar-refractivity contribution in [2.75, 3.05) is 0 Å². The first-order chi connectivity index (χ1) is 6.40. The van der Waals surface area contributed by atoms with Crippen molar-refractivity contribution >= 4 is 0 Å². The van der Waals surface area contributed by atoms with E-state index in [4.69, 9.17) is 0 Å². The van der Waals surface area contributed by atoms with Gasteiger partial charge in [-0.3, -0.25) is 0 Å². The average molecular weight is 202 g/mol. The molecule has 0 aliphatic rings. The van der Waals surface area contributed by atoms with Crippen molar-refractivity contribution in [2.24, 2.45) is 17.8 Å². The topological polar surface area (TPSA) is 0 Å². The van der Waals surface area contributed by atoms with E-state index in [0.29, 0.717) is 0 Å². The lowest BCUT2D eigenvalue weighted by Gasteiger charge is -2.05. The van der Waals surface area contributed by atoms with Gasteiger partial charge in [-0.2, -0.15) is 0 Å². The Morgan fingerprint density at radius 2 is 0.857 bits per heavy atom. The third-order valence-electron chi connectivity index (χ3n) is 1.76. The highest BCUT2D eigenvalue weighted by Gasteiger charge is 1.95. The lowest BCUT2D eigenvalue weighted by Crippen LogP contribution is -1.93. The van der Waals surface area contributed by atoms with Crippen LogP contribution < -0.4 is 0 Å². The Bertz CT molecular complexity index is 64.1. The third kappa shape index (κ3) is 40.3. The van der Waals surface area contributed by atoms with Crippen LogP contribution in [0.4, 0.5) is 0 Å². The zero-order valence-corrected chi connectivity index (χ0v) is 12.1. The normalized spacial score (nSPS) is 9.43.